The Morgan fingerprint density at radius 3 is 1.93 bits per heavy atom. The van der Waals surface area contributed by atoms with E-state index >= 15 is 0 Å². The average Bonchev–Trinajstić information content (AvgIpc) is 2.72. The summed E-state index contributed by atoms with van der Waals surface area (Å²) in [5.41, 5.74) is 10.5. The standard InChI is InChI=1S/C15H16.C14H16.CH4/c1-11-8-9-13(3)15(10-11)14-7-5-4-6-12(14)2;1-4-6-7-13(5-2)14-10-8-12(3)9-11-14;/h4-10H,1-3H3;4-11H,1H2,2-3H3;1H4/b;7-6-,13-5+;. The van der Waals surface area contributed by atoms with Crippen molar-refractivity contribution in [3.8, 4) is 11.1 Å². The van der Waals surface area contributed by atoms with Gasteiger partial charge in [-0.1, -0.05) is 116 Å². The monoisotopic (exact) mass is 396 g/mol. The number of benzene rings is 3. The first-order chi connectivity index (χ1) is 14.0. The van der Waals surface area contributed by atoms with Gasteiger partial charge in [-0.15, -0.1) is 0 Å². The largest absolute Gasteiger partial charge is 0.0991 e. The van der Waals surface area contributed by atoms with Crippen molar-refractivity contribution < 1.29 is 0 Å². The van der Waals surface area contributed by atoms with Crippen LogP contribution in [-0.2, 0) is 0 Å². The van der Waals surface area contributed by atoms with Crippen LogP contribution in [-0.4, -0.2) is 0 Å². The van der Waals surface area contributed by atoms with Crippen LogP contribution in [0, 0.1) is 27.7 Å². The van der Waals surface area contributed by atoms with Crippen LogP contribution in [0.25, 0.3) is 16.7 Å². The number of rotatable bonds is 4. The van der Waals surface area contributed by atoms with Gasteiger partial charge >= 0.3 is 0 Å². The van der Waals surface area contributed by atoms with E-state index in [0.29, 0.717) is 0 Å². The molecule has 3 aromatic carbocycles. The molecule has 0 saturated carbocycles. The fourth-order valence-corrected chi connectivity index (χ4v) is 3.18. The maximum absolute atomic E-state index is 3.66. The fraction of sp³-hybridized carbons (Fsp3) is 0.200. The highest BCUT2D eigenvalue weighted by atomic mass is 14.1. The summed E-state index contributed by atoms with van der Waals surface area (Å²) in [6, 6.07) is 23.7. The molecule has 0 aromatic heterocycles. The lowest BCUT2D eigenvalue weighted by Crippen LogP contribution is -1.87. The zero-order valence-electron chi connectivity index (χ0n) is 18.4. The molecule has 0 aliphatic carbocycles. The maximum Gasteiger partial charge on any atom is -0.0149 e. The molecule has 3 aromatic rings. The van der Waals surface area contributed by atoms with E-state index in [1.807, 2.05) is 13.0 Å². The molecule has 0 radical (unpaired) electrons. The second-order valence-corrected chi connectivity index (χ2v) is 7.34. The lowest BCUT2D eigenvalue weighted by atomic mass is 9.95. The summed E-state index contributed by atoms with van der Waals surface area (Å²) in [4.78, 5) is 0. The van der Waals surface area contributed by atoms with Crippen LogP contribution in [0.4, 0.5) is 0 Å². The molecule has 0 heterocycles. The van der Waals surface area contributed by atoms with Crippen LogP contribution in [0.5, 0.6) is 0 Å². The second kappa shape index (κ2) is 12.4. The van der Waals surface area contributed by atoms with E-state index in [4.69, 9.17) is 0 Å². The smallest absolute Gasteiger partial charge is 0.0149 e. The van der Waals surface area contributed by atoms with Crippen molar-refractivity contribution in [2.75, 3.05) is 0 Å². The van der Waals surface area contributed by atoms with Crippen LogP contribution in [0.1, 0.15) is 42.2 Å². The molecule has 0 N–H and O–H groups in total. The highest BCUT2D eigenvalue weighted by Crippen LogP contribution is 2.27. The van der Waals surface area contributed by atoms with Gasteiger partial charge in [-0.3, -0.25) is 0 Å². The first-order valence-electron chi connectivity index (χ1n) is 10.1. The van der Waals surface area contributed by atoms with Gasteiger partial charge in [-0.05, 0) is 68.0 Å². The number of hydrogen-bond acceptors (Lipinski definition) is 0. The summed E-state index contributed by atoms with van der Waals surface area (Å²) in [7, 11) is 0. The molecular formula is C30H36. The molecular weight excluding hydrogens is 360 g/mol. The van der Waals surface area contributed by atoms with E-state index in [0.717, 1.165) is 0 Å². The summed E-state index contributed by atoms with van der Waals surface area (Å²) in [6.07, 6.45) is 7.91. The summed E-state index contributed by atoms with van der Waals surface area (Å²) in [6.45, 7) is 14.3. The van der Waals surface area contributed by atoms with Crippen molar-refractivity contribution in [1.29, 1.82) is 0 Å². The molecule has 0 bridgehead atoms. The summed E-state index contributed by atoms with van der Waals surface area (Å²) in [5, 5.41) is 0. The average molecular weight is 397 g/mol. The maximum atomic E-state index is 3.66. The third-order valence-electron chi connectivity index (χ3n) is 4.94. The van der Waals surface area contributed by atoms with E-state index in [1.165, 1.54) is 44.5 Å². The van der Waals surface area contributed by atoms with Crippen molar-refractivity contribution >= 4 is 5.57 Å². The minimum atomic E-state index is 0. The van der Waals surface area contributed by atoms with Gasteiger partial charge in [-0.2, -0.15) is 0 Å². The summed E-state index contributed by atoms with van der Waals surface area (Å²) < 4.78 is 0. The molecule has 30 heavy (non-hydrogen) atoms. The first kappa shape index (κ1) is 24.9. The van der Waals surface area contributed by atoms with Crippen molar-refractivity contribution in [3.63, 3.8) is 0 Å². The van der Waals surface area contributed by atoms with Gasteiger partial charge in [0, 0.05) is 0 Å². The molecule has 0 saturated heterocycles. The number of aryl methyl sites for hydroxylation is 4. The number of allylic oxidation sites excluding steroid dienone is 5. The Bertz CT molecular complexity index is 998. The Labute approximate surface area is 184 Å². The van der Waals surface area contributed by atoms with Crippen molar-refractivity contribution in [3.05, 3.63) is 125 Å². The van der Waals surface area contributed by atoms with Gasteiger partial charge < -0.3 is 0 Å². The highest BCUT2D eigenvalue weighted by molar-refractivity contribution is 5.74. The zero-order valence-corrected chi connectivity index (χ0v) is 18.4. The summed E-state index contributed by atoms with van der Waals surface area (Å²) in [5.74, 6) is 0. The Morgan fingerprint density at radius 2 is 1.33 bits per heavy atom. The molecule has 0 heteroatoms. The van der Waals surface area contributed by atoms with E-state index in [1.54, 1.807) is 6.08 Å². The molecule has 0 aliphatic heterocycles. The van der Waals surface area contributed by atoms with Crippen LogP contribution in [0.15, 0.2) is 97.6 Å². The molecule has 0 spiro atoms. The Balaban J connectivity index is 0.000000291. The third-order valence-corrected chi connectivity index (χ3v) is 4.94. The van der Waals surface area contributed by atoms with Crippen LogP contribution < -0.4 is 0 Å². The van der Waals surface area contributed by atoms with Gasteiger partial charge in [0.2, 0.25) is 0 Å². The van der Waals surface area contributed by atoms with E-state index in [2.05, 4.69) is 113 Å². The minimum absolute atomic E-state index is 0. The highest BCUT2D eigenvalue weighted by Gasteiger charge is 2.04. The van der Waals surface area contributed by atoms with Gasteiger partial charge in [0.1, 0.15) is 0 Å². The quantitative estimate of drug-likeness (QED) is 0.386. The topological polar surface area (TPSA) is 0 Å². The summed E-state index contributed by atoms with van der Waals surface area (Å²) >= 11 is 0. The molecule has 156 valence electrons. The van der Waals surface area contributed by atoms with Gasteiger partial charge in [-0.25, -0.2) is 0 Å². The predicted octanol–water partition coefficient (Wildman–Crippen LogP) is 9.06. The third kappa shape index (κ3) is 7.04. The van der Waals surface area contributed by atoms with E-state index < -0.39 is 0 Å². The molecule has 3 rings (SSSR count). The Morgan fingerprint density at radius 1 is 0.733 bits per heavy atom. The predicted molar refractivity (Wildman–Crippen MR) is 137 cm³/mol. The van der Waals surface area contributed by atoms with Crippen LogP contribution in [0.2, 0.25) is 0 Å². The molecule has 0 atom stereocenters. The number of hydrogen-bond donors (Lipinski definition) is 0. The van der Waals surface area contributed by atoms with Gasteiger partial charge in [0.15, 0.2) is 0 Å². The minimum Gasteiger partial charge on any atom is -0.0991 e. The molecule has 0 fully saturated rings. The lowest BCUT2D eigenvalue weighted by molar-refractivity contribution is 1.37. The SMILES string of the molecule is C.C=C/C=C\C(=C/C)c1ccc(C)cc1.Cc1ccc(C)c(-c2ccccc2C)c1. The van der Waals surface area contributed by atoms with Gasteiger partial charge in [0.25, 0.3) is 0 Å². The fourth-order valence-electron chi connectivity index (χ4n) is 3.18. The zero-order chi connectivity index (χ0) is 21.2. The van der Waals surface area contributed by atoms with E-state index in [-0.39, 0.29) is 7.43 Å². The normalized spacial score (nSPS) is 10.8. The molecule has 0 amide bonds. The van der Waals surface area contributed by atoms with Gasteiger partial charge in [0.05, 0.1) is 0 Å². The van der Waals surface area contributed by atoms with E-state index in [9.17, 15) is 0 Å². The first-order valence-corrected chi connectivity index (χ1v) is 10.1. The Hall–Kier alpha value is -3.12. The molecule has 0 nitrogen and oxygen atoms in total. The molecule has 0 unspecified atom stereocenters. The van der Waals surface area contributed by atoms with Crippen LogP contribution >= 0.6 is 0 Å². The Kier molecular flexibility index (Phi) is 10.3. The lowest BCUT2D eigenvalue weighted by Gasteiger charge is -2.09. The van der Waals surface area contributed by atoms with Crippen molar-refractivity contribution in [1.82, 2.24) is 0 Å². The molecule has 0 aliphatic rings. The van der Waals surface area contributed by atoms with Crippen molar-refractivity contribution in [2.24, 2.45) is 0 Å². The van der Waals surface area contributed by atoms with Crippen molar-refractivity contribution in [2.45, 2.75) is 42.0 Å². The van der Waals surface area contributed by atoms with Crippen LogP contribution in [0.3, 0.4) is 0 Å². The second-order valence-electron chi connectivity index (χ2n) is 7.34.